The number of fused-ring (bicyclic) bond motifs is 1. The summed E-state index contributed by atoms with van der Waals surface area (Å²) < 4.78 is 15.0. The van der Waals surface area contributed by atoms with Crippen molar-refractivity contribution in [3.8, 4) is 5.69 Å². The van der Waals surface area contributed by atoms with E-state index in [-0.39, 0.29) is 16.5 Å². The van der Waals surface area contributed by atoms with Gasteiger partial charge in [-0.05, 0) is 36.8 Å². The fraction of sp³-hybridized carbons (Fsp3) is 0.158. The molecule has 0 unspecified atom stereocenters. The minimum Gasteiger partial charge on any atom is -0.306 e. The first kappa shape index (κ1) is 17.1. The second-order valence-electron chi connectivity index (χ2n) is 6.04. The molecule has 4 nitrogen and oxygen atoms in total. The molecule has 3 aromatic rings. The zero-order chi connectivity index (χ0) is 18.3. The van der Waals surface area contributed by atoms with E-state index in [4.69, 9.17) is 16.7 Å². The van der Waals surface area contributed by atoms with Crippen LogP contribution in [0.15, 0.2) is 42.5 Å². The van der Waals surface area contributed by atoms with E-state index >= 15 is 0 Å². The summed E-state index contributed by atoms with van der Waals surface area (Å²) >= 11 is 7.79. The summed E-state index contributed by atoms with van der Waals surface area (Å²) in [4.78, 5) is 12.7. The minimum atomic E-state index is -0.478. The number of aryl methyl sites for hydroxylation is 1. The SMILES string of the molecule is Cc1ccccc1-n1nc2c(c1NC(=O)c1ccc(F)cc1Cl)CSC2. The van der Waals surface area contributed by atoms with Crippen LogP contribution in [0.1, 0.15) is 27.2 Å². The van der Waals surface area contributed by atoms with E-state index in [9.17, 15) is 9.18 Å². The quantitative estimate of drug-likeness (QED) is 0.690. The number of carbonyl (C=O) groups excluding carboxylic acids is 1. The number of hydrogen-bond acceptors (Lipinski definition) is 3. The van der Waals surface area contributed by atoms with Gasteiger partial charge in [-0.1, -0.05) is 29.8 Å². The predicted molar refractivity (Wildman–Crippen MR) is 103 cm³/mol. The fourth-order valence-electron chi connectivity index (χ4n) is 2.97. The average Bonchev–Trinajstić information content (AvgIpc) is 3.18. The number of amides is 1. The van der Waals surface area contributed by atoms with Gasteiger partial charge in [0.05, 0.1) is 22.0 Å². The van der Waals surface area contributed by atoms with Gasteiger partial charge in [-0.15, -0.1) is 0 Å². The van der Waals surface area contributed by atoms with Gasteiger partial charge in [0.1, 0.15) is 11.6 Å². The Hall–Kier alpha value is -2.31. The third-order valence-corrected chi connectivity index (χ3v) is 5.59. The highest BCUT2D eigenvalue weighted by Crippen LogP contribution is 2.37. The fourth-order valence-corrected chi connectivity index (χ4v) is 4.25. The van der Waals surface area contributed by atoms with E-state index in [2.05, 4.69) is 5.32 Å². The highest BCUT2D eigenvalue weighted by atomic mass is 35.5. The molecule has 0 radical (unpaired) electrons. The third kappa shape index (κ3) is 2.99. The van der Waals surface area contributed by atoms with E-state index in [0.29, 0.717) is 5.82 Å². The Bertz CT molecular complexity index is 1020. The monoisotopic (exact) mass is 387 g/mol. The summed E-state index contributed by atoms with van der Waals surface area (Å²) in [7, 11) is 0. The van der Waals surface area contributed by atoms with Crippen molar-refractivity contribution >= 4 is 35.1 Å². The Kier molecular flexibility index (Phi) is 4.46. The summed E-state index contributed by atoms with van der Waals surface area (Å²) in [5, 5.41) is 7.71. The van der Waals surface area contributed by atoms with Crippen molar-refractivity contribution in [2.24, 2.45) is 0 Å². The molecule has 1 aromatic heterocycles. The highest BCUT2D eigenvalue weighted by molar-refractivity contribution is 7.98. The highest BCUT2D eigenvalue weighted by Gasteiger charge is 2.26. The average molecular weight is 388 g/mol. The van der Waals surface area contributed by atoms with E-state index in [1.165, 1.54) is 12.1 Å². The van der Waals surface area contributed by atoms with Crippen LogP contribution in [0.5, 0.6) is 0 Å². The van der Waals surface area contributed by atoms with Gasteiger partial charge >= 0.3 is 0 Å². The molecule has 1 aliphatic rings. The summed E-state index contributed by atoms with van der Waals surface area (Å²) in [5.41, 5.74) is 4.18. The minimum absolute atomic E-state index is 0.0791. The lowest BCUT2D eigenvalue weighted by Crippen LogP contribution is -2.17. The molecule has 0 aliphatic carbocycles. The first-order valence-electron chi connectivity index (χ1n) is 8.05. The molecular formula is C19H15ClFN3OS. The topological polar surface area (TPSA) is 46.9 Å². The van der Waals surface area contributed by atoms with Crippen LogP contribution in [0.2, 0.25) is 5.02 Å². The number of nitrogens with one attached hydrogen (secondary N) is 1. The molecule has 26 heavy (non-hydrogen) atoms. The zero-order valence-electron chi connectivity index (χ0n) is 13.9. The Balaban J connectivity index is 1.77. The Morgan fingerprint density at radius 3 is 2.85 bits per heavy atom. The number of rotatable bonds is 3. The molecule has 4 rings (SSSR count). The molecule has 0 bridgehead atoms. The van der Waals surface area contributed by atoms with Crippen LogP contribution in [-0.2, 0) is 11.5 Å². The number of benzene rings is 2. The van der Waals surface area contributed by atoms with E-state index in [1.807, 2.05) is 31.2 Å². The van der Waals surface area contributed by atoms with Crippen LogP contribution in [0.4, 0.5) is 10.2 Å². The van der Waals surface area contributed by atoms with Crippen molar-refractivity contribution in [1.82, 2.24) is 9.78 Å². The molecule has 0 spiro atoms. The maximum absolute atomic E-state index is 13.3. The van der Waals surface area contributed by atoms with Gasteiger partial charge in [0.2, 0.25) is 0 Å². The van der Waals surface area contributed by atoms with Crippen LogP contribution in [0.3, 0.4) is 0 Å². The maximum Gasteiger partial charge on any atom is 0.258 e. The van der Waals surface area contributed by atoms with Gasteiger partial charge in [0, 0.05) is 17.1 Å². The summed E-state index contributed by atoms with van der Waals surface area (Å²) in [6.07, 6.45) is 0. The second-order valence-corrected chi connectivity index (χ2v) is 7.44. The molecule has 0 atom stereocenters. The predicted octanol–water partition coefficient (Wildman–Crippen LogP) is 4.97. The summed E-state index contributed by atoms with van der Waals surface area (Å²) in [5.74, 6) is 1.38. The third-order valence-electron chi connectivity index (χ3n) is 4.30. The van der Waals surface area contributed by atoms with E-state index in [1.54, 1.807) is 16.4 Å². The molecule has 1 amide bonds. The van der Waals surface area contributed by atoms with Gasteiger partial charge < -0.3 is 5.32 Å². The molecule has 0 fully saturated rings. The molecule has 1 N–H and O–H groups in total. The molecule has 0 saturated carbocycles. The standard InChI is InChI=1S/C19H15ClFN3OS/c1-11-4-2-3-5-17(11)24-18(14-9-26-10-16(14)23-24)22-19(25)13-7-6-12(21)8-15(13)20/h2-8H,9-10H2,1H3,(H,22,25). The Morgan fingerprint density at radius 2 is 2.08 bits per heavy atom. The molecule has 2 aromatic carbocycles. The number of hydrogen-bond donors (Lipinski definition) is 1. The van der Waals surface area contributed by atoms with Crippen LogP contribution in [-0.4, -0.2) is 15.7 Å². The molecule has 2 heterocycles. The zero-order valence-corrected chi connectivity index (χ0v) is 15.5. The van der Waals surface area contributed by atoms with Crippen LogP contribution in [0, 0.1) is 12.7 Å². The van der Waals surface area contributed by atoms with Crippen LogP contribution < -0.4 is 5.32 Å². The van der Waals surface area contributed by atoms with Crippen molar-refractivity contribution in [3.05, 3.63) is 75.7 Å². The lowest BCUT2D eigenvalue weighted by molar-refractivity contribution is 0.102. The van der Waals surface area contributed by atoms with Crippen LogP contribution >= 0.6 is 23.4 Å². The molecular weight excluding hydrogens is 373 g/mol. The number of carbonyl (C=O) groups is 1. The van der Waals surface area contributed by atoms with Crippen molar-refractivity contribution in [2.75, 3.05) is 5.32 Å². The second kappa shape index (κ2) is 6.78. The van der Waals surface area contributed by atoms with Crippen molar-refractivity contribution in [1.29, 1.82) is 0 Å². The normalized spacial score (nSPS) is 12.9. The number of nitrogens with zero attached hydrogens (tertiary/aromatic N) is 2. The van der Waals surface area contributed by atoms with Gasteiger partial charge in [-0.25, -0.2) is 9.07 Å². The number of aromatic nitrogens is 2. The van der Waals surface area contributed by atoms with Gasteiger partial charge in [-0.2, -0.15) is 16.9 Å². The molecule has 1 aliphatic heterocycles. The van der Waals surface area contributed by atoms with E-state index < -0.39 is 5.82 Å². The first-order chi connectivity index (χ1) is 12.5. The Morgan fingerprint density at radius 1 is 1.27 bits per heavy atom. The van der Waals surface area contributed by atoms with Crippen molar-refractivity contribution in [2.45, 2.75) is 18.4 Å². The smallest absolute Gasteiger partial charge is 0.258 e. The van der Waals surface area contributed by atoms with Crippen molar-refractivity contribution < 1.29 is 9.18 Å². The molecule has 132 valence electrons. The van der Waals surface area contributed by atoms with Crippen molar-refractivity contribution in [3.63, 3.8) is 0 Å². The Labute approximate surface area is 159 Å². The summed E-state index contributed by atoms with van der Waals surface area (Å²) in [6, 6.07) is 11.6. The van der Waals surface area contributed by atoms with E-state index in [0.717, 1.165) is 40.1 Å². The largest absolute Gasteiger partial charge is 0.306 e. The molecule has 7 heteroatoms. The lowest BCUT2D eigenvalue weighted by Gasteiger charge is -2.13. The van der Waals surface area contributed by atoms with Gasteiger partial charge in [0.25, 0.3) is 5.91 Å². The van der Waals surface area contributed by atoms with Gasteiger partial charge in [0.15, 0.2) is 0 Å². The number of halogens is 2. The van der Waals surface area contributed by atoms with Gasteiger partial charge in [-0.3, -0.25) is 4.79 Å². The lowest BCUT2D eigenvalue weighted by atomic mass is 10.2. The maximum atomic E-state index is 13.3. The summed E-state index contributed by atoms with van der Waals surface area (Å²) in [6.45, 7) is 2.00. The number of para-hydroxylation sites is 1. The number of thioether (sulfide) groups is 1. The molecule has 0 saturated heterocycles. The first-order valence-corrected chi connectivity index (χ1v) is 9.59. The van der Waals surface area contributed by atoms with Crippen LogP contribution in [0.25, 0.3) is 5.69 Å². The number of anilines is 1.